The Balaban J connectivity index is 1.91. The Labute approximate surface area is 132 Å². The SMILES string of the molecule is N#Cc1n[nH]c2c1C=CC(c1ccccc1)(c1ccsc1)C2. The number of H-pyrrole nitrogens is 1. The van der Waals surface area contributed by atoms with E-state index in [0.29, 0.717) is 5.69 Å². The van der Waals surface area contributed by atoms with Gasteiger partial charge in [0.25, 0.3) is 0 Å². The molecule has 0 aliphatic heterocycles. The van der Waals surface area contributed by atoms with Crippen LogP contribution in [0.15, 0.2) is 53.2 Å². The van der Waals surface area contributed by atoms with Crippen molar-refractivity contribution in [3.8, 4) is 6.07 Å². The van der Waals surface area contributed by atoms with E-state index in [9.17, 15) is 0 Å². The van der Waals surface area contributed by atoms with E-state index < -0.39 is 0 Å². The third kappa shape index (κ3) is 1.83. The van der Waals surface area contributed by atoms with Crippen LogP contribution in [0.5, 0.6) is 0 Å². The monoisotopic (exact) mass is 303 g/mol. The van der Waals surface area contributed by atoms with Crippen LogP contribution in [0.4, 0.5) is 0 Å². The number of rotatable bonds is 2. The van der Waals surface area contributed by atoms with Crippen LogP contribution in [0.2, 0.25) is 0 Å². The Morgan fingerprint density at radius 1 is 1.18 bits per heavy atom. The maximum Gasteiger partial charge on any atom is 0.169 e. The van der Waals surface area contributed by atoms with Gasteiger partial charge in [-0.25, -0.2) is 0 Å². The standard InChI is InChI=1S/C18H13N3S/c19-11-17-15-6-8-18(10-16(15)20-21-17,14-7-9-22-12-14)13-4-2-1-3-5-13/h1-9,12H,10H2,(H,20,21). The third-order valence-electron chi connectivity index (χ3n) is 4.30. The second kappa shape index (κ2) is 4.97. The third-order valence-corrected chi connectivity index (χ3v) is 4.99. The molecule has 1 N–H and O–H groups in total. The summed E-state index contributed by atoms with van der Waals surface area (Å²) in [7, 11) is 0. The van der Waals surface area contributed by atoms with Gasteiger partial charge in [0.2, 0.25) is 0 Å². The number of nitrogens with one attached hydrogen (secondary N) is 1. The van der Waals surface area contributed by atoms with Crippen LogP contribution in [0.3, 0.4) is 0 Å². The predicted octanol–water partition coefficient (Wildman–Crippen LogP) is 3.90. The Bertz CT molecular complexity index is 869. The largest absolute Gasteiger partial charge is 0.281 e. The highest BCUT2D eigenvalue weighted by molar-refractivity contribution is 7.08. The second-order valence-corrected chi connectivity index (χ2v) is 6.22. The lowest BCUT2D eigenvalue weighted by molar-refractivity contribution is 0.623. The molecular weight excluding hydrogens is 290 g/mol. The number of fused-ring (bicyclic) bond motifs is 1. The molecule has 1 unspecified atom stereocenters. The fourth-order valence-electron chi connectivity index (χ4n) is 3.17. The molecule has 2 aromatic heterocycles. The van der Waals surface area contributed by atoms with Gasteiger partial charge in [-0.3, -0.25) is 5.10 Å². The van der Waals surface area contributed by atoms with Crippen LogP contribution in [0.1, 0.15) is 28.1 Å². The van der Waals surface area contributed by atoms with E-state index in [4.69, 9.17) is 5.26 Å². The summed E-state index contributed by atoms with van der Waals surface area (Å²) >= 11 is 1.71. The fourth-order valence-corrected chi connectivity index (χ4v) is 3.91. The minimum Gasteiger partial charge on any atom is -0.281 e. The van der Waals surface area contributed by atoms with E-state index in [1.807, 2.05) is 12.1 Å². The highest BCUT2D eigenvalue weighted by Gasteiger charge is 2.36. The molecule has 1 aromatic carbocycles. The summed E-state index contributed by atoms with van der Waals surface area (Å²) < 4.78 is 0. The summed E-state index contributed by atoms with van der Waals surface area (Å²) in [6.45, 7) is 0. The number of benzene rings is 1. The number of hydrogen-bond donors (Lipinski definition) is 1. The van der Waals surface area contributed by atoms with Crippen molar-refractivity contribution in [3.63, 3.8) is 0 Å². The first kappa shape index (κ1) is 13.1. The highest BCUT2D eigenvalue weighted by atomic mass is 32.1. The number of nitrogens with zero attached hydrogens (tertiary/aromatic N) is 2. The van der Waals surface area contributed by atoms with Crippen LogP contribution in [-0.2, 0) is 11.8 Å². The van der Waals surface area contributed by atoms with Gasteiger partial charge in [0.1, 0.15) is 6.07 Å². The molecule has 1 atom stereocenters. The first-order valence-corrected chi connectivity index (χ1v) is 8.02. The van der Waals surface area contributed by atoms with Gasteiger partial charge in [-0.05, 0) is 28.0 Å². The smallest absolute Gasteiger partial charge is 0.169 e. The van der Waals surface area contributed by atoms with Gasteiger partial charge < -0.3 is 0 Å². The van der Waals surface area contributed by atoms with Crippen molar-refractivity contribution in [2.45, 2.75) is 11.8 Å². The van der Waals surface area contributed by atoms with E-state index in [-0.39, 0.29) is 5.41 Å². The summed E-state index contributed by atoms with van der Waals surface area (Å²) in [5.41, 5.74) is 4.74. The molecular formula is C18H13N3S. The molecule has 1 aliphatic rings. The summed E-state index contributed by atoms with van der Waals surface area (Å²) in [4.78, 5) is 0. The first-order chi connectivity index (χ1) is 10.8. The predicted molar refractivity (Wildman–Crippen MR) is 87.6 cm³/mol. The Morgan fingerprint density at radius 3 is 2.77 bits per heavy atom. The second-order valence-electron chi connectivity index (χ2n) is 5.44. The lowest BCUT2D eigenvalue weighted by atomic mass is 9.69. The van der Waals surface area contributed by atoms with Crippen LogP contribution in [-0.4, -0.2) is 10.2 Å². The zero-order valence-corrected chi connectivity index (χ0v) is 12.6. The van der Waals surface area contributed by atoms with Gasteiger partial charge in [-0.2, -0.15) is 21.7 Å². The van der Waals surface area contributed by atoms with E-state index in [0.717, 1.165) is 17.7 Å². The molecule has 0 spiro atoms. The topological polar surface area (TPSA) is 52.5 Å². The fraction of sp³-hybridized carbons (Fsp3) is 0.111. The molecule has 0 fully saturated rings. The first-order valence-electron chi connectivity index (χ1n) is 7.08. The van der Waals surface area contributed by atoms with Crippen molar-refractivity contribution in [1.82, 2.24) is 10.2 Å². The number of aromatic nitrogens is 2. The van der Waals surface area contributed by atoms with Crippen LogP contribution in [0.25, 0.3) is 6.08 Å². The number of allylic oxidation sites excluding steroid dienone is 1. The summed E-state index contributed by atoms with van der Waals surface area (Å²) in [5, 5.41) is 20.6. The number of nitriles is 1. The summed E-state index contributed by atoms with van der Waals surface area (Å²) in [5.74, 6) is 0. The van der Waals surface area contributed by atoms with E-state index in [1.54, 1.807) is 11.3 Å². The molecule has 0 amide bonds. The lowest BCUT2D eigenvalue weighted by Crippen LogP contribution is -2.30. The molecule has 4 heteroatoms. The highest BCUT2D eigenvalue weighted by Crippen LogP contribution is 2.42. The van der Waals surface area contributed by atoms with Crippen molar-refractivity contribution in [2.24, 2.45) is 0 Å². The zero-order valence-electron chi connectivity index (χ0n) is 11.8. The molecule has 0 saturated heterocycles. The number of aromatic amines is 1. The van der Waals surface area contributed by atoms with Gasteiger partial charge in [0, 0.05) is 23.1 Å². The average Bonchev–Trinajstić information content (AvgIpc) is 3.24. The lowest BCUT2D eigenvalue weighted by Gasteiger charge is -2.33. The molecule has 0 bridgehead atoms. The van der Waals surface area contributed by atoms with Gasteiger partial charge in [0.15, 0.2) is 5.69 Å². The number of hydrogen-bond acceptors (Lipinski definition) is 3. The molecule has 22 heavy (non-hydrogen) atoms. The van der Waals surface area contributed by atoms with Crippen molar-refractivity contribution in [3.05, 3.63) is 81.3 Å². The average molecular weight is 303 g/mol. The summed E-state index contributed by atoms with van der Waals surface area (Å²) in [6, 6.07) is 14.8. The molecule has 0 radical (unpaired) electrons. The van der Waals surface area contributed by atoms with Gasteiger partial charge in [-0.15, -0.1) is 0 Å². The van der Waals surface area contributed by atoms with Crippen LogP contribution in [0, 0.1) is 11.3 Å². The van der Waals surface area contributed by atoms with Gasteiger partial charge >= 0.3 is 0 Å². The van der Waals surface area contributed by atoms with Crippen molar-refractivity contribution >= 4 is 17.4 Å². The van der Waals surface area contributed by atoms with Crippen LogP contribution < -0.4 is 0 Å². The Hall–Kier alpha value is -2.64. The van der Waals surface area contributed by atoms with Gasteiger partial charge in [0.05, 0.1) is 0 Å². The minimum atomic E-state index is -0.201. The Morgan fingerprint density at radius 2 is 2.05 bits per heavy atom. The van der Waals surface area contributed by atoms with Gasteiger partial charge in [-0.1, -0.05) is 42.5 Å². The molecule has 0 saturated carbocycles. The van der Waals surface area contributed by atoms with Crippen molar-refractivity contribution in [2.75, 3.05) is 0 Å². The van der Waals surface area contributed by atoms with E-state index in [2.05, 4.69) is 63.4 Å². The maximum atomic E-state index is 9.15. The normalized spacial score (nSPS) is 19.6. The van der Waals surface area contributed by atoms with Crippen LogP contribution >= 0.6 is 11.3 Å². The zero-order chi connectivity index (χ0) is 15.0. The minimum absolute atomic E-state index is 0.201. The molecule has 3 aromatic rings. The van der Waals surface area contributed by atoms with Crippen molar-refractivity contribution in [1.29, 1.82) is 5.26 Å². The maximum absolute atomic E-state index is 9.15. The molecule has 4 rings (SSSR count). The van der Waals surface area contributed by atoms with E-state index >= 15 is 0 Å². The molecule has 2 heterocycles. The summed E-state index contributed by atoms with van der Waals surface area (Å²) in [6.07, 6.45) is 5.03. The van der Waals surface area contributed by atoms with E-state index in [1.165, 1.54) is 11.1 Å². The Kier molecular flexibility index (Phi) is 2.95. The molecule has 3 nitrogen and oxygen atoms in total. The molecule has 1 aliphatic carbocycles. The number of thiophene rings is 1. The molecule has 106 valence electrons. The quantitative estimate of drug-likeness (QED) is 0.780. The van der Waals surface area contributed by atoms with Crippen molar-refractivity contribution < 1.29 is 0 Å².